The number of benzene rings is 1. The summed E-state index contributed by atoms with van der Waals surface area (Å²) in [4.78, 5) is 4.59. The van der Waals surface area contributed by atoms with Crippen molar-refractivity contribution in [3.63, 3.8) is 0 Å². The summed E-state index contributed by atoms with van der Waals surface area (Å²) in [6.45, 7) is 6.31. The quantitative estimate of drug-likeness (QED) is 0.481. The molecule has 1 aliphatic rings. The number of nitrogens with one attached hydrogen (secondary N) is 2. The minimum atomic E-state index is 0.583. The summed E-state index contributed by atoms with van der Waals surface area (Å²) in [5.74, 6) is 1.86. The van der Waals surface area contributed by atoms with Gasteiger partial charge in [-0.05, 0) is 38.3 Å². The number of ether oxygens (including phenoxy) is 1. The van der Waals surface area contributed by atoms with Gasteiger partial charge in [-0.25, -0.2) is 4.99 Å². The lowest BCUT2D eigenvalue weighted by molar-refractivity contribution is 0.326. The second-order valence-electron chi connectivity index (χ2n) is 5.50. The van der Waals surface area contributed by atoms with Gasteiger partial charge in [-0.2, -0.15) is 0 Å². The maximum absolute atomic E-state index is 5.77. The number of aliphatic imine (C=N–C) groups is 1. The van der Waals surface area contributed by atoms with Crippen LogP contribution in [0.2, 0.25) is 0 Å². The Balaban J connectivity index is 1.77. The Morgan fingerprint density at radius 1 is 1.29 bits per heavy atom. The van der Waals surface area contributed by atoms with E-state index in [4.69, 9.17) is 4.74 Å². The van der Waals surface area contributed by atoms with Gasteiger partial charge < -0.3 is 15.4 Å². The molecule has 0 unspecified atom stereocenters. The van der Waals surface area contributed by atoms with Crippen LogP contribution in [0.1, 0.15) is 38.2 Å². The standard InChI is InChI=1S/C17H27N3O/c1-3-18-17(20-15-9-5-6-10-15)19-12-13-21-16-11-7-4-8-14(16)2/h4,7-8,11,15H,3,5-6,9-10,12-13H2,1-2H3,(H2,18,19,20). The van der Waals surface area contributed by atoms with Gasteiger partial charge in [-0.1, -0.05) is 31.0 Å². The summed E-state index contributed by atoms with van der Waals surface area (Å²) in [5, 5.41) is 6.81. The van der Waals surface area contributed by atoms with Gasteiger partial charge >= 0.3 is 0 Å². The molecule has 0 bridgehead atoms. The van der Waals surface area contributed by atoms with Crippen LogP contribution >= 0.6 is 0 Å². The molecule has 0 heterocycles. The number of guanidine groups is 1. The number of aryl methyl sites for hydroxylation is 1. The van der Waals surface area contributed by atoms with Crippen molar-refractivity contribution in [2.45, 2.75) is 45.6 Å². The van der Waals surface area contributed by atoms with Crippen LogP contribution in [0.4, 0.5) is 0 Å². The van der Waals surface area contributed by atoms with Crippen molar-refractivity contribution in [3.05, 3.63) is 29.8 Å². The summed E-state index contributed by atoms with van der Waals surface area (Å²) in [6, 6.07) is 8.66. The van der Waals surface area contributed by atoms with E-state index in [-0.39, 0.29) is 0 Å². The van der Waals surface area contributed by atoms with Crippen LogP contribution in [0, 0.1) is 6.92 Å². The second kappa shape index (κ2) is 8.55. The second-order valence-corrected chi connectivity index (χ2v) is 5.50. The lowest BCUT2D eigenvalue weighted by Gasteiger charge is -2.16. The van der Waals surface area contributed by atoms with Gasteiger partial charge in [0.25, 0.3) is 0 Å². The van der Waals surface area contributed by atoms with E-state index in [1.54, 1.807) is 0 Å². The molecule has 0 aromatic heterocycles. The van der Waals surface area contributed by atoms with Crippen molar-refractivity contribution < 1.29 is 4.74 Å². The molecule has 0 amide bonds. The fourth-order valence-electron chi connectivity index (χ4n) is 2.61. The van der Waals surface area contributed by atoms with Gasteiger partial charge in [0.05, 0.1) is 6.54 Å². The topological polar surface area (TPSA) is 45.7 Å². The maximum atomic E-state index is 5.77. The maximum Gasteiger partial charge on any atom is 0.191 e. The van der Waals surface area contributed by atoms with E-state index in [1.165, 1.54) is 25.7 Å². The molecule has 0 aliphatic heterocycles. The molecule has 1 aromatic carbocycles. The Labute approximate surface area is 128 Å². The fourth-order valence-corrected chi connectivity index (χ4v) is 2.61. The van der Waals surface area contributed by atoms with Crippen molar-refractivity contribution in [3.8, 4) is 5.75 Å². The summed E-state index contributed by atoms with van der Waals surface area (Å²) in [7, 11) is 0. The van der Waals surface area contributed by atoms with Crippen LogP contribution < -0.4 is 15.4 Å². The molecule has 0 atom stereocenters. The Bertz CT molecular complexity index is 453. The molecule has 1 aromatic rings. The Morgan fingerprint density at radius 3 is 2.76 bits per heavy atom. The summed E-state index contributed by atoms with van der Waals surface area (Å²) >= 11 is 0. The molecule has 4 nitrogen and oxygen atoms in total. The SMILES string of the molecule is CCNC(=NCCOc1ccccc1C)NC1CCCC1. The van der Waals surface area contributed by atoms with E-state index in [0.29, 0.717) is 19.2 Å². The summed E-state index contributed by atoms with van der Waals surface area (Å²) in [5.41, 5.74) is 1.16. The molecule has 1 fully saturated rings. The lowest BCUT2D eigenvalue weighted by atomic mass is 10.2. The molecule has 0 spiro atoms. The van der Waals surface area contributed by atoms with E-state index in [9.17, 15) is 0 Å². The highest BCUT2D eigenvalue weighted by Crippen LogP contribution is 2.17. The predicted molar refractivity (Wildman–Crippen MR) is 88.0 cm³/mol. The van der Waals surface area contributed by atoms with E-state index in [1.807, 2.05) is 18.2 Å². The van der Waals surface area contributed by atoms with Gasteiger partial charge in [-0.3, -0.25) is 0 Å². The van der Waals surface area contributed by atoms with E-state index in [0.717, 1.165) is 23.8 Å². The van der Waals surface area contributed by atoms with E-state index in [2.05, 4.69) is 35.5 Å². The van der Waals surface area contributed by atoms with Gasteiger partial charge in [0.1, 0.15) is 12.4 Å². The van der Waals surface area contributed by atoms with Crippen LogP contribution in [0.3, 0.4) is 0 Å². The molecule has 2 N–H and O–H groups in total. The van der Waals surface area contributed by atoms with Crippen molar-refractivity contribution in [1.82, 2.24) is 10.6 Å². The molecule has 1 aliphatic carbocycles. The van der Waals surface area contributed by atoms with Gasteiger partial charge in [-0.15, -0.1) is 0 Å². The highest BCUT2D eigenvalue weighted by atomic mass is 16.5. The normalized spacial score (nSPS) is 16.0. The number of hydrogen-bond acceptors (Lipinski definition) is 2. The first-order chi connectivity index (χ1) is 10.3. The summed E-state index contributed by atoms with van der Waals surface area (Å²) in [6.07, 6.45) is 5.16. The highest BCUT2D eigenvalue weighted by molar-refractivity contribution is 5.80. The highest BCUT2D eigenvalue weighted by Gasteiger charge is 2.15. The predicted octanol–water partition coefficient (Wildman–Crippen LogP) is 2.87. The van der Waals surface area contributed by atoms with Crippen molar-refractivity contribution >= 4 is 5.96 Å². The minimum absolute atomic E-state index is 0.583. The molecule has 4 heteroatoms. The molecule has 2 rings (SSSR count). The zero-order chi connectivity index (χ0) is 14.9. The molecule has 0 saturated heterocycles. The molecule has 21 heavy (non-hydrogen) atoms. The van der Waals surface area contributed by atoms with Crippen molar-refractivity contribution in [1.29, 1.82) is 0 Å². The Kier molecular flexibility index (Phi) is 6.38. The molecular weight excluding hydrogens is 262 g/mol. The first kappa shape index (κ1) is 15.7. The van der Waals surface area contributed by atoms with Gasteiger partial charge in [0, 0.05) is 12.6 Å². The fraction of sp³-hybridized carbons (Fsp3) is 0.588. The lowest BCUT2D eigenvalue weighted by Crippen LogP contribution is -2.42. The monoisotopic (exact) mass is 289 g/mol. The number of para-hydroxylation sites is 1. The minimum Gasteiger partial charge on any atom is -0.491 e. The van der Waals surface area contributed by atoms with Crippen LogP contribution in [-0.2, 0) is 0 Å². The molecule has 1 saturated carbocycles. The van der Waals surface area contributed by atoms with Crippen LogP contribution in [-0.4, -0.2) is 31.7 Å². The van der Waals surface area contributed by atoms with Crippen LogP contribution in [0.15, 0.2) is 29.3 Å². The van der Waals surface area contributed by atoms with E-state index < -0.39 is 0 Å². The average molecular weight is 289 g/mol. The molecule has 116 valence electrons. The van der Waals surface area contributed by atoms with Crippen molar-refractivity contribution in [2.24, 2.45) is 4.99 Å². The number of nitrogens with zero attached hydrogens (tertiary/aromatic N) is 1. The third-order valence-corrected chi connectivity index (χ3v) is 3.75. The zero-order valence-corrected chi connectivity index (χ0v) is 13.2. The zero-order valence-electron chi connectivity index (χ0n) is 13.2. The largest absolute Gasteiger partial charge is 0.491 e. The average Bonchev–Trinajstić information content (AvgIpc) is 2.98. The third-order valence-electron chi connectivity index (χ3n) is 3.75. The van der Waals surface area contributed by atoms with Crippen molar-refractivity contribution in [2.75, 3.05) is 19.7 Å². The van der Waals surface area contributed by atoms with Gasteiger partial charge in [0.2, 0.25) is 0 Å². The number of hydrogen-bond donors (Lipinski definition) is 2. The van der Waals surface area contributed by atoms with E-state index >= 15 is 0 Å². The smallest absolute Gasteiger partial charge is 0.191 e. The Morgan fingerprint density at radius 2 is 2.05 bits per heavy atom. The van der Waals surface area contributed by atoms with Crippen LogP contribution in [0.25, 0.3) is 0 Å². The van der Waals surface area contributed by atoms with Crippen LogP contribution in [0.5, 0.6) is 5.75 Å². The summed E-state index contributed by atoms with van der Waals surface area (Å²) < 4.78 is 5.77. The molecule has 0 radical (unpaired) electrons. The first-order valence-electron chi connectivity index (χ1n) is 8.03. The Hall–Kier alpha value is -1.71. The first-order valence-corrected chi connectivity index (χ1v) is 8.03. The van der Waals surface area contributed by atoms with Gasteiger partial charge in [0.15, 0.2) is 5.96 Å². The number of rotatable bonds is 6. The molecular formula is C17H27N3O. The third kappa shape index (κ3) is 5.29.